The molecule has 0 aliphatic heterocycles. The van der Waals surface area contributed by atoms with Crippen LogP contribution in [-0.4, -0.2) is 69.0 Å². The van der Waals surface area contributed by atoms with E-state index < -0.39 is 11.6 Å². The van der Waals surface area contributed by atoms with E-state index in [1.54, 1.807) is 38.3 Å². The number of benzene rings is 3. The van der Waals surface area contributed by atoms with Crippen molar-refractivity contribution in [1.82, 2.24) is 20.9 Å². The van der Waals surface area contributed by atoms with Crippen molar-refractivity contribution in [1.29, 1.82) is 0 Å². The average Bonchev–Trinajstić information content (AvgIpc) is 3.08. The largest absolute Gasteiger partial charge is 0.497 e. The standard InChI is InChI=1S/C25H42N4O3.C7H6F2.C7H8O/c1-7-12-29(13-8-2)25(32)21-11-9-10-20(15-21)24(31)28-17-22(26-6)14-19(5)23(30)27-16-18(3)4;1-5-2-6(8)4-7(9)3-5;1-8-7-5-3-2-4-6-7/h9-11,15,18-19,22,26H,7-8,12-14,16-17H2,1-6H3,(H,27,30)(H,28,31);2-4H,1H3;2-6H,1H3. The minimum Gasteiger partial charge on any atom is -0.497 e. The molecule has 3 aromatic rings. The van der Waals surface area contributed by atoms with E-state index >= 15 is 0 Å². The number of amides is 3. The monoisotopic (exact) mass is 682 g/mol. The van der Waals surface area contributed by atoms with E-state index in [1.807, 2.05) is 63.1 Å². The molecule has 270 valence electrons. The van der Waals surface area contributed by atoms with Gasteiger partial charge in [-0.3, -0.25) is 14.4 Å². The molecule has 0 fully saturated rings. The highest BCUT2D eigenvalue weighted by Gasteiger charge is 2.20. The van der Waals surface area contributed by atoms with Crippen molar-refractivity contribution < 1.29 is 27.9 Å². The predicted molar refractivity (Wildman–Crippen MR) is 194 cm³/mol. The normalized spacial score (nSPS) is 11.6. The summed E-state index contributed by atoms with van der Waals surface area (Å²) < 4.78 is 29.3. The molecule has 8 nitrogen and oxygen atoms in total. The lowest BCUT2D eigenvalue weighted by molar-refractivity contribution is -0.125. The topological polar surface area (TPSA) is 99.8 Å². The molecule has 3 N–H and O–H groups in total. The molecule has 0 heterocycles. The highest BCUT2D eigenvalue weighted by molar-refractivity contribution is 5.99. The van der Waals surface area contributed by atoms with E-state index in [-0.39, 0.29) is 29.7 Å². The van der Waals surface area contributed by atoms with Gasteiger partial charge < -0.3 is 25.6 Å². The van der Waals surface area contributed by atoms with Gasteiger partial charge in [0, 0.05) is 55.3 Å². The molecular formula is C39H56F2N4O4. The van der Waals surface area contributed by atoms with Gasteiger partial charge in [0.15, 0.2) is 0 Å². The Labute approximate surface area is 292 Å². The fourth-order valence-corrected chi connectivity index (χ4v) is 4.71. The van der Waals surface area contributed by atoms with E-state index in [0.717, 1.165) is 24.7 Å². The van der Waals surface area contributed by atoms with Crippen LogP contribution in [0, 0.1) is 30.4 Å². The molecule has 0 saturated carbocycles. The number of rotatable bonds is 15. The Balaban J connectivity index is 0.000000564. The summed E-state index contributed by atoms with van der Waals surface area (Å²) in [5, 5.41) is 9.06. The van der Waals surface area contributed by atoms with Crippen molar-refractivity contribution in [2.45, 2.75) is 66.8 Å². The van der Waals surface area contributed by atoms with Crippen molar-refractivity contribution in [3.8, 4) is 5.75 Å². The minimum atomic E-state index is -0.521. The first kappa shape index (κ1) is 42.7. The SMILES string of the molecule is CCCN(CCC)C(=O)c1cccc(C(=O)NCC(CC(C)C(=O)NCC(C)C)NC)c1.COc1ccccc1.Cc1cc(F)cc(F)c1. The molecule has 3 rings (SSSR count). The van der Waals surface area contributed by atoms with E-state index in [9.17, 15) is 23.2 Å². The van der Waals surface area contributed by atoms with Gasteiger partial charge in [-0.05, 0) is 87.2 Å². The van der Waals surface area contributed by atoms with Gasteiger partial charge in [-0.2, -0.15) is 0 Å². The van der Waals surface area contributed by atoms with Gasteiger partial charge in [0.25, 0.3) is 11.8 Å². The number of carbonyl (C=O) groups is 3. The Bertz CT molecular complexity index is 1350. The third kappa shape index (κ3) is 17.6. The van der Waals surface area contributed by atoms with Crippen molar-refractivity contribution in [2.75, 3.05) is 40.3 Å². The van der Waals surface area contributed by atoms with Crippen LogP contribution in [0.25, 0.3) is 0 Å². The molecule has 0 saturated heterocycles. The smallest absolute Gasteiger partial charge is 0.253 e. The number of para-hydroxylation sites is 1. The van der Waals surface area contributed by atoms with Crippen LogP contribution < -0.4 is 20.7 Å². The lowest BCUT2D eigenvalue weighted by Gasteiger charge is -2.22. The molecule has 0 spiro atoms. The van der Waals surface area contributed by atoms with Crippen LogP contribution in [0.1, 0.15) is 80.2 Å². The lowest BCUT2D eigenvalue weighted by atomic mass is 10.0. The summed E-state index contributed by atoms with van der Waals surface area (Å²) in [6, 6.07) is 19.9. The Kier molecular flexibility index (Phi) is 20.9. The second kappa shape index (κ2) is 23.9. The number of carbonyl (C=O) groups excluding carboxylic acids is 3. The highest BCUT2D eigenvalue weighted by atomic mass is 19.1. The third-order valence-corrected chi connectivity index (χ3v) is 7.32. The number of nitrogens with one attached hydrogen (secondary N) is 3. The number of ether oxygens (including phenoxy) is 1. The maximum atomic E-state index is 12.8. The van der Waals surface area contributed by atoms with Crippen LogP contribution in [-0.2, 0) is 4.79 Å². The number of methoxy groups -OCH3 is 1. The second-order valence-electron chi connectivity index (χ2n) is 12.3. The number of halogens is 2. The number of nitrogens with zero attached hydrogens (tertiary/aromatic N) is 1. The first-order valence-corrected chi connectivity index (χ1v) is 17.0. The number of hydrogen-bond acceptors (Lipinski definition) is 5. The Hall–Kier alpha value is -4.31. The zero-order valence-corrected chi connectivity index (χ0v) is 30.4. The first-order valence-electron chi connectivity index (χ1n) is 17.0. The summed E-state index contributed by atoms with van der Waals surface area (Å²) >= 11 is 0. The molecule has 2 unspecified atom stereocenters. The zero-order chi connectivity index (χ0) is 36.8. The van der Waals surface area contributed by atoms with Gasteiger partial charge in [0.1, 0.15) is 17.4 Å². The molecule has 2 atom stereocenters. The van der Waals surface area contributed by atoms with Crippen molar-refractivity contribution >= 4 is 17.7 Å². The van der Waals surface area contributed by atoms with Gasteiger partial charge in [-0.15, -0.1) is 0 Å². The molecule has 10 heteroatoms. The first-order chi connectivity index (χ1) is 23.3. The zero-order valence-electron chi connectivity index (χ0n) is 30.4. The van der Waals surface area contributed by atoms with Crippen LogP contribution in [0.3, 0.4) is 0 Å². The summed E-state index contributed by atoms with van der Waals surface area (Å²) in [6.45, 7) is 14.2. The number of aryl methyl sites for hydroxylation is 1. The number of likely N-dealkylation sites (N-methyl/N-ethyl adjacent to an activating group) is 1. The van der Waals surface area contributed by atoms with Crippen LogP contribution in [0.5, 0.6) is 5.75 Å². The Morgan fingerprint density at radius 1 is 0.796 bits per heavy atom. The quantitative estimate of drug-likeness (QED) is 0.160. The molecule has 0 aliphatic carbocycles. The van der Waals surface area contributed by atoms with Gasteiger partial charge in [-0.1, -0.05) is 58.9 Å². The van der Waals surface area contributed by atoms with Crippen LogP contribution >= 0.6 is 0 Å². The minimum absolute atomic E-state index is 0.0280. The summed E-state index contributed by atoms with van der Waals surface area (Å²) in [5.41, 5.74) is 1.59. The summed E-state index contributed by atoms with van der Waals surface area (Å²) in [6.07, 6.45) is 2.40. The van der Waals surface area contributed by atoms with Gasteiger partial charge >= 0.3 is 0 Å². The van der Waals surface area contributed by atoms with Crippen LogP contribution in [0.4, 0.5) is 8.78 Å². The second-order valence-corrected chi connectivity index (χ2v) is 12.3. The average molecular weight is 683 g/mol. The fourth-order valence-electron chi connectivity index (χ4n) is 4.71. The number of hydrogen-bond donors (Lipinski definition) is 3. The fraction of sp³-hybridized carbons (Fsp3) is 0.462. The molecule has 3 amide bonds. The van der Waals surface area contributed by atoms with Crippen molar-refractivity contribution in [3.05, 3.63) is 101 Å². The summed E-state index contributed by atoms with van der Waals surface area (Å²) in [7, 11) is 3.49. The van der Waals surface area contributed by atoms with Crippen molar-refractivity contribution in [3.63, 3.8) is 0 Å². The van der Waals surface area contributed by atoms with E-state index in [1.165, 1.54) is 12.1 Å². The maximum Gasteiger partial charge on any atom is 0.253 e. The van der Waals surface area contributed by atoms with Gasteiger partial charge in [0.2, 0.25) is 5.91 Å². The molecule has 49 heavy (non-hydrogen) atoms. The van der Waals surface area contributed by atoms with Crippen LogP contribution in [0.2, 0.25) is 0 Å². The van der Waals surface area contributed by atoms with E-state index in [0.29, 0.717) is 55.2 Å². The van der Waals surface area contributed by atoms with E-state index in [2.05, 4.69) is 29.8 Å². The highest BCUT2D eigenvalue weighted by Crippen LogP contribution is 2.12. The van der Waals surface area contributed by atoms with Crippen LogP contribution in [0.15, 0.2) is 72.8 Å². The van der Waals surface area contributed by atoms with Gasteiger partial charge in [0.05, 0.1) is 7.11 Å². The maximum absolute atomic E-state index is 12.8. The Morgan fingerprint density at radius 2 is 1.39 bits per heavy atom. The van der Waals surface area contributed by atoms with Crippen molar-refractivity contribution in [2.24, 2.45) is 11.8 Å². The molecule has 0 radical (unpaired) electrons. The van der Waals surface area contributed by atoms with E-state index in [4.69, 9.17) is 4.74 Å². The molecular weight excluding hydrogens is 626 g/mol. The lowest BCUT2D eigenvalue weighted by Crippen LogP contribution is -2.42. The summed E-state index contributed by atoms with van der Waals surface area (Å²) in [5.74, 6) is -0.129. The summed E-state index contributed by atoms with van der Waals surface area (Å²) in [4.78, 5) is 39.6. The third-order valence-electron chi connectivity index (χ3n) is 7.32. The molecule has 3 aromatic carbocycles. The molecule has 0 aromatic heterocycles. The Morgan fingerprint density at radius 3 is 1.88 bits per heavy atom. The predicted octanol–water partition coefficient (Wildman–Crippen LogP) is 7.03. The molecule has 0 aliphatic rings. The van der Waals surface area contributed by atoms with Gasteiger partial charge in [-0.25, -0.2) is 8.78 Å². The molecule has 0 bridgehead atoms.